The number of nitrogens with zero attached hydrogens (tertiary/aromatic N) is 1. The van der Waals surface area contributed by atoms with E-state index < -0.39 is 25.8 Å². The molecule has 0 aliphatic carbocycles. The van der Waals surface area contributed by atoms with Crippen molar-refractivity contribution in [2.24, 2.45) is 0 Å². The minimum absolute atomic E-state index is 0.106. The molecule has 1 amide bonds. The SMILES string of the molecule is C=CC(=O)OCCCOc1ccc(/C=C/c2ccc([N+](=O)[O-])cc2COC(=O)NCCC[Si](OCC)(OCC)OCC)cc1. The maximum Gasteiger partial charge on any atom is 0.500 e. The first-order chi connectivity index (χ1) is 21.3. The Morgan fingerprint density at radius 1 is 0.932 bits per heavy atom. The minimum Gasteiger partial charge on any atom is -0.493 e. The summed E-state index contributed by atoms with van der Waals surface area (Å²) in [5.41, 5.74) is 1.91. The van der Waals surface area contributed by atoms with Crippen LogP contribution in [-0.2, 0) is 34.2 Å². The lowest BCUT2D eigenvalue weighted by Crippen LogP contribution is -2.46. The quantitative estimate of drug-likeness (QED) is 0.0335. The second-order valence-electron chi connectivity index (χ2n) is 9.20. The lowest BCUT2D eigenvalue weighted by molar-refractivity contribution is -0.384. The molecule has 12 nitrogen and oxygen atoms in total. The second-order valence-corrected chi connectivity index (χ2v) is 11.9. The van der Waals surface area contributed by atoms with Gasteiger partial charge < -0.3 is 32.8 Å². The maximum atomic E-state index is 12.4. The molecule has 2 aromatic rings. The van der Waals surface area contributed by atoms with Gasteiger partial charge in [0.15, 0.2) is 0 Å². The average molecular weight is 631 g/mol. The molecule has 44 heavy (non-hydrogen) atoms. The topological polar surface area (TPSA) is 145 Å². The number of alkyl carbamates (subject to hydrolysis) is 1. The van der Waals surface area contributed by atoms with Crippen molar-refractivity contribution in [3.8, 4) is 5.75 Å². The zero-order valence-corrected chi connectivity index (χ0v) is 26.6. The van der Waals surface area contributed by atoms with E-state index in [9.17, 15) is 19.7 Å². The summed E-state index contributed by atoms with van der Waals surface area (Å²) in [6.45, 7) is 11.2. The number of nitrogens with one attached hydrogen (secondary N) is 1. The molecular formula is C31H42N2O10Si. The Hall–Kier alpha value is -4.04. The number of non-ortho nitro benzene ring substituents is 1. The van der Waals surface area contributed by atoms with E-state index in [1.165, 1.54) is 12.1 Å². The van der Waals surface area contributed by atoms with Crippen LogP contribution in [0.1, 0.15) is 50.3 Å². The van der Waals surface area contributed by atoms with Gasteiger partial charge in [0.1, 0.15) is 12.4 Å². The molecule has 13 heteroatoms. The van der Waals surface area contributed by atoms with Crippen LogP contribution in [0, 0.1) is 10.1 Å². The number of benzene rings is 2. The van der Waals surface area contributed by atoms with Crippen molar-refractivity contribution in [2.45, 2.75) is 46.3 Å². The van der Waals surface area contributed by atoms with Gasteiger partial charge in [0, 0.05) is 62.6 Å². The van der Waals surface area contributed by atoms with Crippen LogP contribution in [-0.4, -0.2) is 65.4 Å². The molecule has 0 aliphatic heterocycles. The monoisotopic (exact) mass is 630 g/mol. The van der Waals surface area contributed by atoms with Crippen molar-refractivity contribution in [1.82, 2.24) is 5.32 Å². The fourth-order valence-corrected chi connectivity index (χ4v) is 6.64. The highest BCUT2D eigenvalue weighted by Gasteiger charge is 2.39. The Kier molecular flexibility index (Phi) is 16.4. The first-order valence-electron chi connectivity index (χ1n) is 14.6. The fourth-order valence-electron chi connectivity index (χ4n) is 4.03. The van der Waals surface area contributed by atoms with Gasteiger partial charge in [0.2, 0.25) is 0 Å². The van der Waals surface area contributed by atoms with Crippen LogP contribution < -0.4 is 10.1 Å². The predicted octanol–water partition coefficient (Wildman–Crippen LogP) is 5.93. The van der Waals surface area contributed by atoms with Crippen molar-refractivity contribution >= 4 is 38.7 Å². The molecule has 2 aromatic carbocycles. The molecular weight excluding hydrogens is 588 g/mol. The van der Waals surface area contributed by atoms with E-state index in [2.05, 4.69) is 11.9 Å². The summed E-state index contributed by atoms with van der Waals surface area (Å²) in [4.78, 5) is 34.3. The molecule has 0 spiro atoms. The van der Waals surface area contributed by atoms with Crippen molar-refractivity contribution in [3.05, 3.63) is 81.9 Å². The van der Waals surface area contributed by atoms with Crippen molar-refractivity contribution in [2.75, 3.05) is 39.6 Å². The van der Waals surface area contributed by atoms with Crippen molar-refractivity contribution in [3.63, 3.8) is 0 Å². The van der Waals surface area contributed by atoms with Gasteiger partial charge in [-0.2, -0.15) is 0 Å². The molecule has 0 unspecified atom stereocenters. The molecule has 0 aromatic heterocycles. The molecule has 0 heterocycles. The number of ether oxygens (including phenoxy) is 3. The smallest absolute Gasteiger partial charge is 0.493 e. The molecule has 0 atom stereocenters. The Balaban J connectivity index is 1.94. The molecule has 0 radical (unpaired) electrons. The van der Waals surface area contributed by atoms with Crippen LogP contribution in [0.15, 0.2) is 55.1 Å². The Morgan fingerprint density at radius 2 is 1.61 bits per heavy atom. The van der Waals surface area contributed by atoms with Crippen LogP contribution in [0.5, 0.6) is 5.75 Å². The molecule has 0 fully saturated rings. The van der Waals surface area contributed by atoms with Crippen LogP contribution in [0.2, 0.25) is 6.04 Å². The highest BCUT2D eigenvalue weighted by molar-refractivity contribution is 6.60. The summed E-state index contributed by atoms with van der Waals surface area (Å²) in [5, 5.41) is 14.1. The number of nitro groups is 1. The number of amides is 1. The molecule has 2 rings (SSSR count). The van der Waals surface area contributed by atoms with Gasteiger partial charge in [-0.25, -0.2) is 9.59 Å². The average Bonchev–Trinajstić information content (AvgIpc) is 3.02. The van der Waals surface area contributed by atoms with E-state index in [1.807, 2.05) is 51.1 Å². The highest BCUT2D eigenvalue weighted by atomic mass is 28.4. The third kappa shape index (κ3) is 13.1. The molecule has 0 aliphatic rings. The maximum absolute atomic E-state index is 12.4. The van der Waals surface area contributed by atoms with Crippen molar-refractivity contribution < 1.29 is 42.0 Å². The number of carbonyl (C=O) groups excluding carboxylic acids is 2. The lowest BCUT2D eigenvalue weighted by Gasteiger charge is -2.28. The van der Waals surface area contributed by atoms with Crippen LogP contribution in [0.3, 0.4) is 0 Å². The summed E-state index contributed by atoms with van der Waals surface area (Å²) in [5.74, 6) is 0.194. The summed E-state index contributed by atoms with van der Waals surface area (Å²) in [7, 11) is -2.81. The van der Waals surface area contributed by atoms with Crippen LogP contribution in [0.25, 0.3) is 12.2 Å². The normalized spacial score (nSPS) is 11.2. The zero-order chi connectivity index (χ0) is 32.2. The fraction of sp³-hybridized carbons (Fsp3) is 0.419. The minimum atomic E-state index is -2.81. The second kappa shape index (κ2) is 20.0. The first-order valence-corrected chi connectivity index (χ1v) is 16.5. The van der Waals surface area contributed by atoms with Gasteiger partial charge in [-0.15, -0.1) is 0 Å². The van der Waals surface area contributed by atoms with Gasteiger partial charge >= 0.3 is 20.9 Å². The number of esters is 1. The van der Waals surface area contributed by atoms with Gasteiger partial charge in [0.05, 0.1) is 18.1 Å². The molecule has 240 valence electrons. The largest absolute Gasteiger partial charge is 0.500 e. The lowest BCUT2D eigenvalue weighted by atomic mass is 10.1. The van der Waals surface area contributed by atoms with Crippen LogP contribution >= 0.6 is 0 Å². The van der Waals surface area contributed by atoms with Crippen molar-refractivity contribution in [1.29, 1.82) is 0 Å². The van der Waals surface area contributed by atoms with Gasteiger partial charge in [-0.05, 0) is 56.5 Å². The Morgan fingerprint density at radius 3 is 2.23 bits per heavy atom. The van der Waals surface area contributed by atoms with E-state index in [-0.39, 0.29) is 18.9 Å². The molecule has 1 N–H and O–H groups in total. The van der Waals surface area contributed by atoms with E-state index in [0.29, 0.717) is 68.7 Å². The van der Waals surface area contributed by atoms with E-state index >= 15 is 0 Å². The third-order valence-corrected chi connectivity index (χ3v) is 9.17. The Labute approximate surface area is 259 Å². The van der Waals surface area contributed by atoms with Crippen LogP contribution in [0.4, 0.5) is 10.5 Å². The molecule has 0 saturated heterocycles. The standard InChI is InChI=1S/C31H42N2O10Si/c1-5-30(34)39-21-10-20-38-29-17-12-25(13-18-29)11-14-26-15-16-28(33(36)37)23-27(26)24-40-31(35)32-19-9-22-44(41-6-2,42-7-3)43-8-4/h5,11-18,23H,1,6-10,19-22,24H2,2-4H3,(H,32,35)/b14-11+. The van der Waals surface area contributed by atoms with E-state index in [0.717, 1.165) is 11.6 Å². The summed E-state index contributed by atoms with van der Waals surface area (Å²) >= 11 is 0. The zero-order valence-electron chi connectivity index (χ0n) is 25.6. The predicted molar refractivity (Wildman–Crippen MR) is 168 cm³/mol. The number of rotatable bonds is 21. The number of hydrogen-bond donors (Lipinski definition) is 1. The molecule has 0 bridgehead atoms. The highest BCUT2D eigenvalue weighted by Crippen LogP contribution is 2.22. The molecule has 0 saturated carbocycles. The number of hydrogen-bond acceptors (Lipinski definition) is 10. The summed E-state index contributed by atoms with van der Waals surface area (Å²) < 4.78 is 33.4. The number of carbonyl (C=O) groups is 2. The van der Waals surface area contributed by atoms with E-state index in [4.69, 9.17) is 27.5 Å². The third-order valence-electron chi connectivity index (χ3n) is 6.02. The number of nitro benzene ring substituents is 1. The van der Waals surface area contributed by atoms with Gasteiger partial charge in [-0.1, -0.05) is 30.9 Å². The summed E-state index contributed by atoms with van der Waals surface area (Å²) in [6.07, 6.45) is 5.22. The van der Waals surface area contributed by atoms with Gasteiger partial charge in [0.25, 0.3) is 5.69 Å². The van der Waals surface area contributed by atoms with E-state index in [1.54, 1.807) is 12.1 Å². The Bertz CT molecular complexity index is 1220. The van der Waals surface area contributed by atoms with Gasteiger partial charge in [-0.3, -0.25) is 10.1 Å². The summed E-state index contributed by atoms with van der Waals surface area (Å²) in [6, 6.07) is 12.3. The first kappa shape index (κ1) is 36.1.